The van der Waals surface area contributed by atoms with E-state index in [1.807, 2.05) is 70.8 Å². The third-order valence-corrected chi connectivity index (χ3v) is 8.97. The highest BCUT2D eigenvalue weighted by Crippen LogP contribution is 2.30. The van der Waals surface area contributed by atoms with Crippen molar-refractivity contribution in [2.75, 3.05) is 6.61 Å². The normalized spacial score (nSPS) is 22.4. The predicted octanol–water partition coefficient (Wildman–Crippen LogP) is 7.19. The van der Waals surface area contributed by atoms with E-state index in [1.54, 1.807) is 5.10 Å². The average Bonchev–Trinajstić information content (AvgIpc) is 3.76. The second kappa shape index (κ2) is 22.2. The van der Waals surface area contributed by atoms with Crippen LogP contribution in [0.15, 0.2) is 36.8 Å². The molecule has 56 heavy (non-hydrogen) atoms. The van der Waals surface area contributed by atoms with Crippen molar-refractivity contribution in [2.45, 2.75) is 150 Å². The van der Waals surface area contributed by atoms with Crippen LogP contribution < -0.4 is 16.4 Å². The van der Waals surface area contributed by atoms with Gasteiger partial charge in [-0.3, -0.25) is 14.5 Å². The number of nitrogens with one attached hydrogen (secondary N) is 3. The van der Waals surface area contributed by atoms with Crippen molar-refractivity contribution in [1.82, 2.24) is 40.4 Å². The number of alkyl halides is 3. The number of ether oxygens (including phenoxy) is 2. The molecule has 3 fully saturated rings. The first-order valence-electron chi connectivity index (χ1n) is 18.5. The van der Waals surface area contributed by atoms with E-state index in [-0.39, 0.29) is 50.7 Å². The molecule has 3 aromatic rings. The molecule has 6 rings (SSSR count). The van der Waals surface area contributed by atoms with E-state index in [0.29, 0.717) is 17.9 Å². The molecule has 3 aliphatic rings. The van der Waals surface area contributed by atoms with E-state index in [9.17, 15) is 22.8 Å². The van der Waals surface area contributed by atoms with Gasteiger partial charge in [-0.2, -0.15) is 28.5 Å². The fourth-order valence-corrected chi connectivity index (χ4v) is 5.97. The van der Waals surface area contributed by atoms with Crippen LogP contribution in [0, 0.1) is 31.6 Å². The summed E-state index contributed by atoms with van der Waals surface area (Å²) in [6.45, 7) is 17.5. The predicted molar refractivity (Wildman–Crippen MR) is 211 cm³/mol. The number of hydrogen-bond donors (Lipinski definition) is 5. The molecule has 3 aliphatic carbocycles. The number of alkyl carbamates (subject to hydrolysis) is 2. The Morgan fingerprint density at radius 1 is 0.786 bits per heavy atom. The monoisotopic (exact) mass is 819 g/mol. The molecule has 2 amide bonds. The molecule has 3 heterocycles. The van der Waals surface area contributed by atoms with Gasteiger partial charge in [0.05, 0.1) is 0 Å². The van der Waals surface area contributed by atoms with Crippen molar-refractivity contribution >= 4 is 24.6 Å². The lowest BCUT2D eigenvalue weighted by molar-refractivity contribution is -0.141. The van der Waals surface area contributed by atoms with Crippen LogP contribution in [0.4, 0.5) is 22.8 Å². The van der Waals surface area contributed by atoms with Crippen LogP contribution in [0.1, 0.15) is 105 Å². The second-order valence-corrected chi connectivity index (χ2v) is 16.4. The largest absolute Gasteiger partial charge is 0.444 e. The van der Waals surface area contributed by atoms with Gasteiger partial charge in [0.2, 0.25) is 0 Å². The summed E-state index contributed by atoms with van der Waals surface area (Å²) < 4.78 is 49.1. The first-order chi connectivity index (χ1) is 25.1. The number of H-pyrrole nitrogens is 1. The molecular weight excluding hydrogens is 755 g/mol. The van der Waals surface area contributed by atoms with Gasteiger partial charge in [0.25, 0.3) is 0 Å². The zero-order chi connectivity index (χ0) is 40.3. The molecule has 14 nitrogen and oxygen atoms in total. The first-order valence-corrected chi connectivity index (χ1v) is 18.5. The molecule has 0 radical (unpaired) electrons. The SMILES string of the molecule is C.CC(C)(C)OC(=O)NC1CC(CO)C1.Cc1ccnn1CC1CC(N)C1.Cc1ccnn1CC1CC(NC(=O)OC(C)(C)C)C1.Cl.FC(F)(F)c1ccn[nH]1. The zero-order valence-corrected chi connectivity index (χ0v) is 34.0. The van der Waals surface area contributed by atoms with Gasteiger partial charge >= 0.3 is 18.4 Å². The Morgan fingerprint density at radius 2 is 1.20 bits per heavy atom. The lowest BCUT2D eigenvalue weighted by Gasteiger charge is -2.36. The molecule has 320 valence electrons. The highest BCUT2D eigenvalue weighted by Gasteiger charge is 2.33. The summed E-state index contributed by atoms with van der Waals surface area (Å²) in [5.74, 6) is 1.71. The maximum atomic E-state index is 11.6. The molecule has 6 N–H and O–H groups in total. The topological polar surface area (TPSA) is 187 Å². The summed E-state index contributed by atoms with van der Waals surface area (Å²) in [5, 5.41) is 27.9. The summed E-state index contributed by atoms with van der Waals surface area (Å²) in [7, 11) is 0. The first kappa shape index (κ1) is 50.2. The molecule has 3 aromatic heterocycles. The molecule has 3 saturated carbocycles. The Morgan fingerprint density at radius 3 is 1.48 bits per heavy atom. The summed E-state index contributed by atoms with van der Waals surface area (Å²) in [5.41, 5.74) is 6.45. The van der Waals surface area contributed by atoms with Crippen molar-refractivity contribution in [3.05, 3.63) is 53.9 Å². The minimum atomic E-state index is -4.30. The number of carbonyl (C=O) groups excluding carboxylic acids is 2. The number of aromatic nitrogens is 6. The van der Waals surface area contributed by atoms with Gasteiger partial charge in [-0.1, -0.05) is 7.43 Å². The van der Waals surface area contributed by atoms with E-state index >= 15 is 0 Å². The van der Waals surface area contributed by atoms with Crippen LogP contribution >= 0.6 is 12.4 Å². The van der Waals surface area contributed by atoms with E-state index in [2.05, 4.69) is 44.5 Å². The highest BCUT2D eigenvalue weighted by atomic mass is 35.5. The zero-order valence-electron chi connectivity index (χ0n) is 33.2. The minimum absolute atomic E-state index is 0. The van der Waals surface area contributed by atoms with E-state index in [1.165, 1.54) is 24.2 Å². The number of amides is 2. The number of carbonyl (C=O) groups is 2. The van der Waals surface area contributed by atoms with Crippen molar-refractivity contribution in [3.63, 3.8) is 0 Å². The van der Waals surface area contributed by atoms with Crippen LogP contribution in [-0.2, 0) is 28.7 Å². The maximum absolute atomic E-state index is 11.6. The summed E-state index contributed by atoms with van der Waals surface area (Å²) in [6, 6.07) is 5.80. The number of aromatic amines is 1. The number of aliphatic hydroxyl groups is 1. The molecular formula is C38H65ClF3N9O5. The Labute approximate surface area is 335 Å². The molecule has 0 bridgehead atoms. The van der Waals surface area contributed by atoms with Gasteiger partial charge < -0.3 is 30.9 Å². The van der Waals surface area contributed by atoms with Gasteiger partial charge in [-0.15, -0.1) is 12.4 Å². The van der Waals surface area contributed by atoms with Gasteiger partial charge in [-0.25, -0.2) is 9.59 Å². The van der Waals surface area contributed by atoms with Gasteiger partial charge in [0.15, 0.2) is 0 Å². The smallest absolute Gasteiger partial charge is 0.432 e. The lowest BCUT2D eigenvalue weighted by atomic mass is 9.80. The Hall–Kier alpha value is -3.83. The molecule has 0 saturated heterocycles. The standard InChI is InChI=1S/C14H23N3O2.C10H19NO3.C9H15N3.C4H3F3N2.CH4.ClH/c1-10-5-6-15-17(10)9-11-7-12(8-11)16-13(18)19-14(2,3)4;1-10(2,3)14-9(13)11-8-4-7(5-8)6-12;1-7-2-3-11-12(7)6-8-4-9(10)5-8;5-4(6,7)3-1-2-8-9-3;;/h5-6,11-12H,7-9H2,1-4H3,(H,16,18);7-8,12H,4-6H2,1-3H3,(H,11,13);2-3,8-9H,4-6,10H2,1H3;1-2H,(H,8,9);1H4;1H. The summed E-state index contributed by atoms with van der Waals surface area (Å²) in [6.07, 6.45) is 5.81. The van der Waals surface area contributed by atoms with Gasteiger partial charge in [0.1, 0.15) is 16.9 Å². The molecule has 0 unspecified atom stereocenters. The van der Waals surface area contributed by atoms with Crippen LogP contribution in [0.3, 0.4) is 0 Å². The van der Waals surface area contributed by atoms with Gasteiger partial charge in [-0.05, 0) is 130 Å². The summed E-state index contributed by atoms with van der Waals surface area (Å²) in [4.78, 5) is 22.8. The van der Waals surface area contributed by atoms with Crippen molar-refractivity contribution in [2.24, 2.45) is 23.5 Å². The number of nitrogens with two attached hydrogens (primary N) is 1. The molecule has 0 atom stereocenters. The lowest BCUT2D eigenvalue weighted by Crippen LogP contribution is -2.47. The van der Waals surface area contributed by atoms with E-state index < -0.39 is 23.1 Å². The number of hydrogen-bond acceptors (Lipinski definition) is 9. The molecule has 18 heteroatoms. The quantitative estimate of drug-likeness (QED) is 0.164. The maximum Gasteiger partial charge on any atom is 0.432 e. The van der Waals surface area contributed by atoms with Crippen molar-refractivity contribution < 1.29 is 37.3 Å². The number of aryl methyl sites for hydroxylation is 2. The number of halogens is 4. The Balaban J connectivity index is 0.000000381. The van der Waals surface area contributed by atoms with E-state index in [4.69, 9.17) is 20.3 Å². The molecule has 0 aliphatic heterocycles. The number of aliphatic hydroxyl groups excluding tert-OH is 1. The summed E-state index contributed by atoms with van der Waals surface area (Å²) >= 11 is 0. The minimum Gasteiger partial charge on any atom is -0.444 e. The van der Waals surface area contributed by atoms with Gasteiger partial charge in [0, 0.05) is 67.8 Å². The molecule has 0 aromatic carbocycles. The molecule has 0 spiro atoms. The highest BCUT2D eigenvalue weighted by molar-refractivity contribution is 5.85. The average molecular weight is 820 g/mol. The van der Waals surface area contributed by atoms with Crippen molar-refractivity contribution in [1.29, 1.82) is 0 Å². The third-order valence-electron chi connectivity index (χ3n) is 8.97. The van der Waals surface area contributed by atoms with Crippen LogP contribution in [0.2, 0.25) is 0 Å². The fourth-order valence-electron chi connectivity index (χ4n) is 5.97. The Kier molecular flexibility index (Phi) is 19.9. The van der Waals surface area contributed by atoms with Crippen LogP contribution in [0.25, 0.3) is 0 Å². The second-order valence-electron chi connectivity index (χ2n) is 16.4. The number of rotatable bonds is 7. The van der Waals surface area contributed by atoms with Crippen LogP contribution in [0.5, 0.6) is 0 Å². The van der Waals surface area contributed by atoms with E-state index in [0.717, 1.165) is 57.0 Å². The number of nitrogens with zero attached hydrogens (tertiary/aromatic N) is 5. The van der Waals surface area contributed by atoms with Crippen LogP contribution in [-0.4, -0.2) is 83.0 Å². The Bertz CT molecular complexity index is 1550. The van der Waals surface area contributed by atoms with Crippen molar-refractivity contribution in [3.8, 4) is 0 Å². The third kappa shape index (κ3) is 18.4. The fraction of sp³-hybridized carbons (Fsp3) is 0.711.